The fourth-order valence-electron chi connectivity index (χ4n) is 1.05. The first kappa shape index (κ1) is 6.97. The summed E-state index contributed by atoms with van der Waals surface area (Å²) in [6.45, 7) is 1.89. The molecule has 0 aliphatic rings. The number of aromatic amines is 1. The number of H-pyrrole nitrogens is 1. The van der Waals surface area contributed by atoms with Gasteiger partial charge in [0, 0.05) is 5.69 Å². The largest absolute Gasteiger partial charge is 0.345 e. The maximum Gasteiger partial charge on any atom is 0.345 e. The summed E-state index contributed by atoms with van der Waals surface area (Å²) in [4.78, 5) is 21.1. The number of rotatable bonds is 0. The highest BCUT2D eigenvalue weighted by Gasteiger charge is 1.95. The SMILES string of the molecule is Cc1ccc2[nH]c(=O)ncc2n1. The first-order valence-electron chi connectivity index (χ1n) is 3.58. The summed E-state index contributed by atoms with van der Waals surface area (Å²) in [5.41, 5.74) is 2.01. The summed E-state index contributed by atoms with van der Waals surface area (Å²) in [6, 6.07) is 3.67. The van der Waals surface area contributed by atoms with Crippen molar-refractivity contribution in [3.8, 4) is 0 Å². The van der Waals surface area contributed by atoms with E-state index in [1.807, 2.05) is 19.1 Å². The Hall–Kier alpha value is -1.71. The van der Waals surface area contributed by atoms with Gasteiger partial charge in [-0.2, -0.15) is 4.98 Å². The van der Waals surface area contributed by atoms with Crippen LogP contribution >= 0.6 is 0 Å². The number of nitrogens with zero attached hydrogens (tertiary/aromatic N) is 2. The molecule has 2 rings (SSSR count). The monoisotopic (exact) mass is 161 g/mol. The molecule has 0 saturated carbocycles. The highest BCUT2D eigenvalue weighted by atomic mass is 16.1. The third-order valence-electron chi connectivity index (χ3n) is 1.61. The number of nitrogens with one attached hydrogen (secondary N) is 1. The second-order valence-electron chi connectivity index (χ2n) is 2.57. The normalized spacial score (nSPS) is 10.4. The maximum absolute atomic E-state index is 10.8. The Bertz CT molecular complexity index is 475. The molecule has 0 aromatic carbocycles. The van der Waals surface area contributed by atoms with Crippen molar-refractivity contribution in [1.82, 2.24) is 15.0 Å². The van der Waals surface area contributed by atoms with Crippen LogP contribution in [0.15, 0.2) is 23.1 Å². The van der Waals surface area contributed by atoms with Gasteiger partial charge in [0.15, 0.2) is 0 Å². The molecule has 0 fully saturated rings. The van der Waals surface area contributed by atoms with Gasteiger partial charge in [0.05, 0.1) is 11.7 Å². The van der Waals surface area contributed by atoms with Crippen molar-refractivity contribution in [2.24, 2.45) is 0 Å². The predicted molar refractivity (Wildman–Crippen MR) is 44.9 cm³/mol. The van der Waals surface area contributed by atoms with Crippen LogP contribution in [0.5, 0.6) is 0 Å². The van der Waals surface area contributed by atoms with Gasteiger partial charge in [-0.3, -0.25) is 0 Å². The van der Waals surface area contributed by atoms with E-state index in [2.05, 4.69) is 15.0 Å². The summed E-state index contributed by atoms with van der Waals surface area (Å²) in [5.74, 6) is 0. The topological polar surface area (TPSA) is 58.6 Å². The molecule has 60 valence electrons. The summed E-state index contributed by atoms with van der Waals surface area (Å²) in [6.07, 6.45) is 1.47. The Morgan fingerprint density at radius 2 is 2.25 bits per heavy atom. The summed E-state index contributed by atoms with van der Waals surface area (Å²) >= 11 is 0. The lowest BCUT2D eigenvalue weighted by Gasteiger charge is -1.95. The van der Waals surface area contributed by atoms with E-state index < -0.39 is 0 Å². The van der Waals surface area contributed by atoms with Crippen LogP contribution < -0.4 is 5.69 Å². The molecule has 2 heterocycles. The number of pyridine rings is 1. The van der Waals surface area contributed by atoms with Crippen molar-refractivity contribution in [3.63, 3.8) is 0 Å². The summed E-state index contributed by atoms with van der Waals surface area (Å²) in [7, 11) is 0. The van der Waals surface area contributed by atoms with Crippen molar-refractivity contribution < 1.29 is 0 Å². The highest BCUT2D eigenvalue weighted by molar-refractivity contribution is 5.72. The molecule has 4 nitrogen and oxygen atoms in total. The van der Waals surface area contributed by atoms with E-state index in [4.69, 9.17) is 0 Å². The molecular formula is C8H7N3O. The zero-order valence-corrected chi connectivity index (χ0v) is 6.53. The predicted octanol–water partition coefficient (Wildman–Crippen LogP) is 0.627. The highest BCUT2D eigenvalue weighted by Crippen LogP contribution is 2.04. The van der Waals surface area contributed by atoms with E-state index in [0.717, 1.165) is 16.7 Å². The molecule has 2 aromatic heterocycles. The molecule has 12 heavy (non-hydrogen) atoms. The van der Waals surface area contributed by atoms with Crippen LogP contribution in [0.2, 0.25) is 0 Å². The Labute approximate surface area is 68.3 Å². The number of aryl methyl sites for hydroxylation is 1. The molecule has 0 spiro atoms. The molecular weight excluding hydrogens is 154 g/mol. The maximum atomic E-state index is 10.8. The van der Waals surface area contributed by atoms with Gasteiger partial charge in [-0.25, -0.2) is 9.78 Å². The third-order valence-corrected chi connectivity index (χ3v) is 1.61. The smallest absolute Gasteiger partial charge is 0.304 e. The van der Waals surface area contributed by atoms with Crippen molar-refractivity contribution in [3.05, 3.63) is 34.5 Å². The Kier molecular flexibility index (Phi) is 1.40. The van der Waals surface area contributed by atoms with Gasteiger partial charge >= 0.3 is 5.69 Å². The van der Waals surface area contributed by atoms with Gasteiger partial charge in [0.25, 0.3) is 0 Å². The van der Waals surface area contributed by atoms with Gasteiger partial charge < -0.3 is 4.98 Å². The van der Waals surface area contributed by atoms with Crippen LogP contribution in [0, 0.1) is 6.92 Å². The van der Waals surface area contributed by atoms with Crippen molar-refractivity contribution >= 4 is 11.0 Å². The number of fused-ring (bicyclic) bond motifs is 1. The number of aromatic nitrogens is 3. The van der Waals surface area contributed by atoms with Crippen molar-refractivity contribution in [1.29, 1.82) is 0 Å². The second kappa shape index (κ2) is 2.41. The van der Waals surface area contributed by atoms with Crippen LogP contribution in [0.25, 0.3) is 11.0 Å². The lowest BCUT2D eigenvalue weighted by Crippen LogP contribution is -2.08. The molecule has 0 bridgehead atoms. The average Bonchev–Trinajstić information content (AvgIpc) is 2.05. The van der Waals surface area contributed by atoms with E-state index in [1.54, 1.807) is 0 Å². The molecule has 0 aliphatic carbocycles. The zero-order chi connectivity index (χ0) is 8.55. The summed E-state index contributed by atoms with van der Waals surface area (Å²) < 4.78 is 0. The molecule has 0 radical (unpaired) electrons. The van der Waals surface area contributed by atoms with Crippen LogP contribution in [0.3, 0.4) is 0 Å². The fraction of sp³-hybridized carbons (Fsp3) is 0.125. The number of hydrogen-bond donors (Lipinski definition) is 1. The molecule has 4 heteroatoms. The van der Waals surface area contributed by atoms with Gasteiger partial charge in [-0.1, -0.05) is 0 Å². The third kappa shape index (κ3) is 1.07. The van der Waals surface area contributed by atoms with Gasteiger partial charge in [0.2, 0.25) is 0 Å². The minimum atomic E-state index is -0.340. The van der Waals surface area contributed by atoms with E-state index in [1.165, 1.54) is 6.20 Å². The van der Waals surface area contributed by atoms with E-state index in [-0.39, 0.29) is 5.69 Å². The first-order valence-corrected chi connectivity index (χ1v) is 3.58. The molecule has 0 aliphatic heterocycles. The van der Waals surface area contributed by atoms with E-state index in [0.29, 0.717) is 0 Å². The van der Waals surface area contributed by atoms with Crippen LogP contribution in [-0.2, 0) is 0 Å². The number of hydrogen-bond acceptors (Lipinski definition) is 3. The Balaban J connectivity index is 2.87. The molecule has 0 saturated heterocycles. The second-order valence-corrected chi connectivity index (χ2v) is 2.57. The molecule has 0 atom stereocenters. The first-order chi connectivity index (χ1) is 5.75. The molecule has 2 aromatic rings. The van der Waals surface area contributed by atoms with Gasteiger partial charge in [-0.15, -0.1) is 0 Å². The van der Waals surface area contributed by atoms with Gasteiger partial charge in [-0.05, 0) is 19.1 Å². The lowest BCUT2D eigenvalue weighted by atomic mass is 10.3. The van der Waals surface area contributed by atoms with Crippen LogP contribution in [0.1, 0.15) is 5.69 Å². The zero-order valence-electron chi connectivity index (χ0n) is 6.53. The van der Waals surface area contributed by atoms with E-state index >= 15 is 0 Å². The van der Waals surface area contributed by atoms with Gasteiger partial charge in [0.1, 0.15) is 5.52 Å². The lowest BCUT2D eigenvalue weighted by molar-refractivity contribution is 1.10. The van der Waals surface area contributed by atoms with E-state index in [9.17, 15) is 4.79 Å². The minimum absolute atomic E-state index is 0.340. The minimum Gasteiger partial charge on any atom is -0.304 e. The molecule has 0 unspecified atom stereocenters. The van der Waals surface area contributed by atoms with Crippen molar-refractivity contribution in [2.75, 3.05) is 0 Å². The Morgan fingerprint density at radius 3 is 3.08 bits per heavy atom. The molecule has 0 amide bonds. The average molecular weight is 161 g/mol. The fourth-order valence-corrected chi connectivity index (χ4v) is 1.05. The standard InChI is InChI=1S/C8H7N3O/c1-5-2-3-6-7(10-5)4-9-8(12)11-6/h2-4H,1H3,(H,9,11,12). The van der Waals surface area contributed by atoms with Crippen LogP contribution in [-0.4, -0.2) is 15.0 Å². The van der Waals surface area contributed by atoms with Crippen molar-refractivity contribution in [2.45, 2.75) is 6.92 Å². The summed E-state index contributed by atoms with van der Waals surface area (Å²) in [5, 5.41) is 0. The Morgan fingerprint density at radius 1 is 1.42 bits per heavy atom. The van der Waals surface area contributed by atoms with Crippen LogP contribution in [0.4, 0.5) is 0 Å². The quantitative estimate of drug-likeness (QED) is 0.616. The molecule has 1 N–H and O–H groups in total.